The van der Waals surface area contributed by atoms with E-state index in [1.807, 2.05) is 13.8 Å². The van der Waals surface area contributed by atoms with Gasteiger partial charge >= 0.3 is 6.03 Å². The van der Waals surface area contributed by atoms with Crippen molar-refractivity contribution in [2.24, 2.45) is 5.92 Å². The van der Waals surface area contributed by atoms with Crippen molar-refractivity contribution in [1.29, 1.82) is 0 Å². The molecule has 0 unspecified atom stereocenters. The standard InChI is InChI=1S/C31H38N4O7S/c1-20-9-15-25(16-10-20)43(39,40)34(4)18-28-21(2)17-35(22(3)19-36)30(37)26-7-6-8-27(29(26)42-28)33-31(38)32-23-11-13-24(41-5)14-12-23/h6-16,21-22,28,36H,17-19H2,1-5H3,(H2,32,33,38)/t21-,22+,28+/m1/s1. The molecule has 1 heterocycles. The number of sulfonamides is 1. The molecule has 3 amide bonds. The van der Waals surface area contributed by atoms with Crippen molar-refractivity contribution in [3.63, 3.8) is 0 Å². The van der Waals surface area contributed by atoms with Gasteiger partial charge < -0.3 is 30.1 Å². The zero-order valence-electron chi connectivity index (χ0n) is 24.9. The molecule has 4 rings (SSSR count). The van der Waals surface area contributed by atoms with Crippen LogP contribution in [0.2, 0.25) is 0 Å². The highest BCUT2D eigenvalue weighted by Crippen LogP contribution is 2.35. The molecule has 11 nitrogen and oxygen atoms in total. The van der Waals surface area contributed by atoms with Crippen molar-refractivity contribution < 1.29 is 32.6 Å². The summed E-state index contributed by atoms with van der Waals surface area (Å²) in [6, 6.07) is 17.1. The van der Waals surface area contributed by atoms with Crippen LogP contribution in [0.15, 0.2) is 71.6 Å². The number of aliphatic hydroxyl groups is 1. The molecule has 0 aromatic heterocycles. The molecule has 0 spiro atoms. The maximum absolute atomic E-state index is 13.7. The molecule has 12 heteroatoms. The SMILES string of the molecule is COc1ccc(NC(=O)Nc2cccc3c2O[C@@H](CN(C)S(=O)(=O)c2ccc(C)cc2)[C@H](C)CN([C@@H](C)CO)C3=O)cc1. The van der Waals surface area contributed by atoms with Crippen LogP contribution in [0.3, 0.4) is 0 Å². The Labute approximate surface area is 252 Å². The van der Waals surface area contributed by atoms with Gasteiger partial charge in [0.1, 0.15) is 11.9 Å². The zero-order chi connectivity index (χ0) is 31.3. The van der Waals surface area contributed by atoms with Crippen LogP contribution in [-0.2, 0) is 10.0 Å². The number of hydrogen-bond acceptors (Lipinski definition) is 7. The van der Waals surface area contributed by atoms with Gasteiger partial charge in [-0.1, -0.05) is 30.7 Å². The molecular formula is C31H38N4O7S. The molecular weight excluding hydrogens is 572 g/mol. The Hall–Kier alpha value is -4.13. The first-order valence-electron chi connectivity index (χ1n) is 13.9. The van der Waals surface area contributed by atoms with E-state index in [2.05, 4.69) is 10.6 Å². The van der Waals surface area contributed by atoms with Crippen LogP contribution in [0.25, 0.3) is 0 Å². The third-order valence-electron chi connectivity index (χ3n) is 7.45. The number of urea groups is 1. The molecule has 0 aliphatic carbocycles. The normalized spacial score (nSPS) is 17.7. The molecule has 0 bridgehead atoms. The summed E-state index contributed by atoms with van der Waals surface area (Å²) in [6.45, 7) is 5.41. The van der Waals surface area contributed by atoms with Crippen molar-refractivity contribution in [3.05, 3.63) is 77.9 Å². The van der Waals surface area contributed by atoms with E-state index in [0.29, 0.717) is 11.4 Å². The molecule has 3 aromatic carbocycles. The van der Waals surface area contributed by atoms with Crippen molar-refractivity contribution in [2.75, 3.05) is 44.5 Å². The van der Waals surface area contributed by atoms with Crippen molar-refractivity contribution in [1.82, 2.24) is 9.21 Å². The van der Waals surface area contributed by atoms with E-state index >= 15 is 0 Å². The summed E-state index contributed by atoms with van der Waals surface area (Å²) in [6.07, 6.45) is -0.710. The first-order valence-corrected chi connectivity index (χ1v) is 15.3. The van der Waals surface area contributed by atoms with E-state index < -0.39 is 28.2 Å². The predicted octanol–water partition coefficient (Wildman–Crippen LogP) is 4.19. The fourth-order valence-electron chi connectivity index (χ4n) is 4.76. The maximum Gasteiger partial charge on any atom is 0.323 e. The lowest BCUT2D eigenvalue weighted by Gasteiger charge is -2.38. The molecule has 0 saturated heterocycles. The molecule has 43 heavy (non-hydrogen) atoms. The molecule has 3 atom stereocenters. The van der Waals surface area contributed by atoms with E-state index in [0.717, 1.165) is 5.56 Å². The second kappa shape index (κ2) is 13.4. The fraction of sp³-hybridized carbons (Fsp3) is 0.355. The van der Waals surface area contributed by atoms with Gasteiger partial charge in [-0.2, -0.15) is 4.31 Å². The number of aryl methyl sites for hydroxylation is 1. The highest BCUT2D eigenvalue weighted by Gasteiger charge is 2.36. The average Bonchev–Trinajstić information content (AvgIpc) is 2.99. The van der Waals surface area contributed by atoms with Gasteiger partial charge in [0.25, 0.3) is 5.91 Å². The quantitative estimate of drug-likeness (QED) is 0.330. The van der Waals surface area contributed by atoms with E-state index in [1.54, 1.807) is 85.7 Å². The molecule has 1 aliphatic heterocycles. The number of benzene rings is 3. The van der Waals surface area contributed by atoms with Gasteiger partial charge in [-0.25, -0.2) is 13.2 Å². The molecule has 0 radical (unpaired) electrons. The smallest absolute Gasteiger partial charge is 0.323 e. The topological polar surface area (TPSA) is 138 Å². The second-order valence-corrected chi connectivity index (χ2v) is 12.8. The summed E-state index contributed by atoms with van der Waals surface area (Å²) in [5.41, 5.74) is 1.88. The number of carbonyl (C=O) groups is 2. The molecule has 1 aliphatic rings. The number of ether oxygens (including phenoxy) is 2. The number of likely N-dealkylation sites (N-methyl/N-ethyl adjacent to an activating group) is 1. The number of aliphatic hydroxyl groups excluding tert-OH is 1. The number of rotatable bonds is 9. The number of nitrogens with zero attached hydrogens (tertiary/aromatic N) is 2. The highest BCUT2D eigenvalue weighted by atomic mass is 32.2. The van der Waals surface area contributed by atoms with E-state index in [9.17, 15) is 23.1 Å². The summed E-state index contributed by atoms with van der Waals surface area (Å²) < 4.78 is 39.7. The number of nitrogens with one attached hydrogen (secondary N) is 2. The Morgan fingerprint density at radius 1 is 1.12 bits per heavy atom. The minimum absolute atomic E-state index is 0.0290. The van der Waals surface area contributed by atoms with Crippen LogP contribution >= 0.6 is 0 Å². The van der Waals surface area contributed by atoms with Crippen LogP contribution in [0.5, 0.6) is 11.5 Å². The highest BCUT2D eigenvalue weighted by molar-refractivity contribution is 7.89. The Balaban J connectivity index is 1.67. The Morgan fingerprint density at radius 3 is 2.42 bits per heavy atom. The lowest BCUT2D eigenvalue weighted by Crippen LogP contribution is -2.50. The first-order chi connectivity index (χ1) is 20.4. The van der Waals surface area contributed by atoms with Crippen LogP contribution in [0.1, 0.15) is 29.8 Å². The number of anilines is 2. The number of amides is 3. The monoisotopic (exact) mass is 610 g/mol. The summed E-state index contributed by atoms with van der Waals surface area (Å²) in [4.78, 5) is 28.4. The molecule has 230 valence electrons. The lowest BCUT2D eigenvalue weighted by molar-refractivity contribution is 0.0389. The number of fused-ring (bicyclic) bond motifs is 1. The number of methoxy groups -OCH3 is 1. The summed E-state index contributed by atoms with van der Waals surface area (Å²) in [7, 11) is -0.816. The van der Waals surface area contributed by atoms with Gasteiger partial charge in [0, 0.05) is 25.2 Å². The van der Waals surface area contributed by atoms with Gasteiger partial charge in [0.15, 0.2) is 5.75 Å². The third-order valence-corrected chi connectivity index (χ3v) is 9.29. The minimum atomic E-state index is -3.85. The average molecular weight is 611 g/mol. The van der Waals surface area contributed by atoms with Crippen LogP contribution in [0.4, 0.5) is 16.2 Å². The van der Waals surface area contributed by atoms with Gasteiger partial charge in [-0.05, 0) is 62.4 Å². The van der Waals surface area contributed by atoms with Crippen molar-refractivity contribution >= 4 is 33.3 Å². The second-order valence-electron chi connectivity index (χ2n) is 10.7. The number of para-hydroxylation sites is 1. The van der Waals surface area contributed by atoms with E-state index in [4.69, 9.17) is 9.47 Å². The Bertz CT molecular complexity index is 1550. The molecule has 3 aromatic rings. The van der Waals surface area contributed by atoms with Crippen LogP contribution < -0.4 is 20.1 Å². The van der Waals surface area contributed by atoms with Crippen LogP contribution in [0, 0.1) is 12.8 Å². The van der Waals surface area contributed by atoms with Crippen molar-refractivity contribution in [2.45, 2.75) is 37.8 Å². The van der Waals surface area contributed by atoms with E-state index in [1.165, 1.54) is 11.4 Å². The predicted molar refractivity (Wildman–Crippen MR) is 164 cm³/mol. The minimum Gasteiger partial charge on any atom is -0.497 e. The van der Waals surface area contributed by atoms with Gasteiger partial charge in [0.2, 0.25) is 10.0 Å². The van der Waals surface area contributed by atoms with Gasteiger partial charge in [-0.15, -0.1) is 0 Å². The van der Waals surface area contributed by atoms with E-state index in [-0.39, 0.29) is 53.4 Å². The van der Waals surface area contributed by atoms with Crippen LogP contribution in [-0.4, -0.2) is 80.7 Å². The van der Waals surface area contributed by atoms with Gasteiger partial charge in [-0.3, -0.25) is 4.79 Å². The largest absolute Gasteiger partial charge is 0.497 e. The summed E-state index contributed by atoms with van der Waals surface area (Å²) in [5, 5.41) is 15.4. The Kier molecular flexibility index (Phi) is 9.95. The molecule has 3 N–H and O–H groups in total. The van der Waals surface area contributed by atoms with Crippen molar-refractivity contribution in [3.8, 4) is 11.5 Å². The number of carbonyl (C=O) groups excluding carboxylic acids is 2. The number of hydrogen-bond donors (Lipinski definition) is 3. The summed E-state index contributed by atoms with van der Waals surface area (Å²) in [5.74, 6) is 0.0355. The Morgan fingerprint density at radius 2 is 1.79 bits per heavy atom. The lowest BCUT2D eigenvalue weighted by atomic mass is 9.99. The van der Waals surface area contributed by atoms with Gasteiger partial charge in [0.05, 0.1) is 42.4 Å². The maximum atomic E-state index is 13.7. The summed E-state index contributed by atoms with van der Waals surface area (Å²) >= 11 is 0. The molecule has 0 saturated carbocycles. The fourth-order valence-corrected chi connectivity index (χ4v) is 5.94. The molecule has 0 fully saturated rings. The first kappa shape index (κ1) is 31.8. The third kappa shape index (κ3) is 7.27. The zero-order valence-corrected chi connectivity index (χ0v) is 25.7.